The highest BCUT2D eigenvalue weighted by Crippen LogP contribution is 2.65. The molecule has 1 fully saturated rings. The van der Waals surface area contributed by atoms with Gasteiger partial charge in [-0.15, -0.1) is 70.6 Å². The van der Waals surface area contributed by atoms with Gasteiger partial charge in [-0.2, -0.15) is 0 Å². The van der Waals surface area contributed by atoms with E-state index in [4.69, 9.17) is 9.47 Å². The molecule has 0 bridgehead atoms. The molecule has 2 aliphatic heterocycles. The van der Waals surface area contributed by atoms with Crippen LogP contribution in [0.4, 0.5) is 0 Å². The lowest BCUT2D eigenvalue weighted by Gasteiger charge is -2.16. The third kappa shape index (κ3) is 19.6. The lowest BCUT2D eigenvalue weighted by molar-refractivity contribution is 0.168. The van der Waals surface area contributed by atoms with E-state index < -0.39 is 0 Å². The molecule has 2 rings (SSSR count). The molecule has 1 saturated heterocycles. The first-order valence-electron chi connectivity index (χ1n) is 15.7. The Morgan fingerprint density at radius 2 is 0.976 bits per heavy atom. The molecule has 2 nitrogen and oxygen atoms in total. The Bertz CT molecular complexity index is 688. The average Bonchev–Trinajstić information content (AvgIpc) is 3.60. The standard InChI is InChI=1S/C30H52I2O2S8/c1-3-5-7-9-11-13-21-35-25-26(36-22-14-12-10-8-6-4-2)40-29(39-25)30-41-27(37-23-19-33-17-15-31)28(42-30)38-24-20-34-18-16-32/h27-28H,3-24H2,1-2H3. The van der Waals surface area contributed by atoms with Gasteiger partial charge in [-0.3, -0.25) is 0 Å². The molecule has 0 aromatic heterocycles. The summed E-state index contributed by atoms with van der Waals surface area (Å²) < 4.78 is 21.2. The molecular formula is C30H52I2O2S8. The summed E-state index contributed by atoms with van der Waals surface area (Å²) in [5.74, 6) is 4.70. The lowest BCUT2D eigenvalue weighted by atomic mass is 10.1. The van der Waals surface area contributed by atoms with Crippen LogP contribution in [0.3, 0.4) is 0 Å². The first-order chi connectivity index (χ1) is 20.7. The van der Waals surface area contributed by atoms with Gasteiger partial charge >= 0.3 is 0 Å². The second-order valence-electron chi connectivity index (χ2n) is 9.90. The number of thioether (sulfide) groups is 8. The Hall–Kier alpha value is 3.66. The summed E-state index contributed by atoms with van der Waals surface area (Å²) in [5.41, 5.74) is 0. The van der Waals surface area contributed by atoms with Crippen LogP contribution in [0.2, 0.25) is 0 Å². The molecule has 2 aliphatic rings. The van der Waals surface area contributed by atoms with Crippen molar-refractivity contribution < 1.29 is 9.47 Å². The molecule has 0 aromatic carbocycles. The van der Waals surface area contributed by atoms with Crippen molar-refractivity contribution in [2.24, 2.45) is 0 Å². The molecule has 0 aliphatic carbocycles. The fraction of sp³-hybridized carbons (Fsp3) is 0.867. The summed E-state index contributed by atoms with van der Waals surface area (Å²) in [4.78, 5) is 0. The topological polar surface area (TPSA) is 18.5 Å². The molecule has 0 N–H and O–H groups in total. The van der Waals surface area contributed by atoms with Gasteiger partial charge in [-0.1, -0.05) is 147 Å². The van der Waals surface area contributed by atoms with Crippen molar-refractivity contribution in [1.82, 2.24) is 0 Å². The third-order valence-electron chi connectivity index (χ3n) is 6.30. The maximum absolute atomic E-state index is 5.80. The molecule has 2 heterocycles. The molecular weight excluding hydrogens is 903 g/mol. The van der Waals surface area contributed by atoms with E-state index in [0.717, 1.165) is 46.8 Å². The minimum Gasteiger partial charge on any atom is -0.380 e. The van der Waals surface area contributed by atoms with Crippen LogP contribution < -0.4 is 0 Å². The van der Waals surface area contributed by atoms with Gasteiger partial charge < -0.3 is 9.47 Å². The Balaban J connectivity index is 1.96. The first-order valence-corrected chi connectivity index (χ1v) is 26.2. The maximum Gasteiger partial charge on any atom is 0.0769 e. The minimum atomic E-state index is 0.579. The van der Waals surface area contributed by atoms with E-state index in [0.29, 0.717) is 9.16 Å². The zero-order chi connectivity index (χ0) is 30.1. The molecule has 0 spiro atoms. The lowest BCUT2D eigenvalue weighted by Crippen LogP contribution is -2.12. The summed E-state index contributed by atoms with van der Waals surface area (Å²) in [5, 5.41) is 0. The Labute approximate surface area is 320 Å². The molecule has 42 heavy (non-hydrogen) atoms. The van der Waals surface area contributed by atoms with E-state index in [9.17, 15) is 0 Å². The van der Waals surface area contributed by atoms with Gasteiger partial charge in [0.1, 0.15) is 0 Å². The van der Waals surface area contributed by atoms with E-state index in [2.05, 4.69) is 153 Å². The SMILES string of the molecule is CCCCCCCCSC1=C(SCCCCCCCC)SC(=C2SC(SCCOCCI)C(SCCOCCI)S2)S1. The third-order valence-corrected chi connectivity index (χ3v) is 19.9. The molecule has 0 aromatic rings. The van der Waals surface area contributed by atoms with E-state index in [1.54, 1.807) is 16.9 Å². The predicted molar refractivity (Wildman–Crippen MR) is 228 cm³/mol. The van der Waals surface area contributed by atoms with Gasteiger partial charge in [-0.05, 0) is 24.3 Å². The van der Waals surface area contributed by atoms with Crippen LogP contribution >= 0.6 is 139 Å². The van der Waals surface area contributed by atoms with Crippen molar-refractivity contribution in [3.63, 3.8) is 0 Å². The summed E-state index contributed by atoms with van der Waals surface area (Å²) >= 11 is 21.7. The van der Waals surface area contributed by atoms with Gasteiger partial charge in [0.25, 0.3) is 0 Å². The van der Waals surface area contributed by atoms with Crippen LogP contribution in [0, 0.1) is 0 Å². The molecule has 0 saturated carbocycles. The normalized spacial score (nSPS) is 19.1. The number of rotatable bonds is 28. The minimum absolute atomic E-state index is 0.579. The van der Waals surface area contributed by atoms with Crippen molar-refractivity contribution in [2.75, 3.05) is 58.3 Å². The average molecular weight is 955 g/mol. The van der Waals surface area contributed by atoms with Crippen LogP contribution in [0.25, 0.3) is 0 Å². The van der Waals surface area contributed by atoms with Crippen LogP contribution in [-0.4, -0.2) is 67.5 Å². The number of hydrogen-bond donors (Lipinski definition) is 0. The van der Waals surface area contributed by atoms with Gasteiger partial charge in [0.15, 0.2) is 0 Å². The second-order valence-corrected chi connectivity index (χ2v) is 22.7. The number of unbranched alkanes of at least 4 members (excludes halogenated alkanes) is 10. The smallest absolute Gasteiger partial charge is 0.0769 e. The Morgan fingerprint density at radius 3 is 1.40 bits per heavy atom. The quantitative estimate of drug-likeness (QED) is 0.0427. The van der Waals surface area contributed by atoms with E-state index in [1.165, 1.54) is 88.6 Å². The monoisotopic (exact) mass is 954 g/mol. The molecule has 2 atom stereocenters. The highest BCUT2D eigenvalue weighted by atomic mass is 127. The molecule has 0 radical (unpaired) electrons. The zero-order valence-electron chi connectivity index (χ0n) is 25.5. The van der Waals surface area contributed by atoms with Crippen molar-refractivity contribution in [1.29, 1.82) is 0 Å². The van der Waals surface area contributed by atoms with E-state index >= 15 is 0 Å². The van der Waals surface area contributed by atoms with Crippen LogP contribution in [0.5, 0.6) is 0 Å². The molecule has 12 heteroatoms. The molecule has 2 unspecified atom stereocenters. The van der Waals surface area contributed by atoms with E-state index in [1.807, 2.05) is 0 Å². The number of ether oxygens (including phenoxy) is 2. The van der Waals surface area contributed by atoms with Crippen molar-refractivity contribution in [3.05, 3.63) is 16.9 Å². The van der Waals surface area contributed by atoms with Crippen molar-refractivity contribution >= 4 is 139 Å². The highest BCUT2D eigenvalue weighted by molar-refractivity contribution is 14.1. The summed E-state index contributed by atoms with van der Waals surface area (Å²) in [6, 6.07) is 0. The number of hydrogen-bond acceptors (Lipinski definition) is 10. The Morgan fingerprint density at radius 1 is 0.548 bits per heavy atom. The molecule has 0 amide bonds. The molecule has 246 valence electrons. The second kappa shape index (κ2) is 29.6. The maximum atomic E-state index is 5.80. The Kier molecular flexibility index (Phi) is 29.4. The fourth-order valence-electron chi connectivity index (χ4n) is 4.06. The van der Waals surface area contributed by atoms with Crippen molar-refractivity contribution in [3.8, 4) is 0 Å². The summed E-state index contributed by atoms with van der Waals surface area (Å²) in [6.07, 6.45) is 16.6. The van der Waals surface area contributed by atoms with Gasteiger partial charge in [0.05, 0.1) is 52.5 Å². The highest BCUT2D eigenvalue weighted by Gasteiger charge is 2.37. The fourth-order valence-corrected chi connectivity index (χ4v) is 18.0. The summed E-state index contributed by atoms with van der Waals surface area (Å²) in [7, 11) is 0. The first kappa shape index (κ1) is 41.8. The van der Waals surface area contributed by atoms with Crippen LogP contribution in [0.15, 0.2) is 16.9 Å². The van der Waals surface area contributed by atoms with E-state index in [-0.39, 0.29) is 0 Å². The van der Waals surface area contributed by atoms with Gasteiger partial charge in [0.2, 0.25) is 0 Å². The van der Waals surface area contributed by atoms with Crippen molar-refractivity contribution in [2.45, 2.75) is 100 Å². The van der Waals surface area contributed by atoms with Crippen LogP contribution in [0.1, 0.15) is 90.9 Å². The zero-order valence-corrected chi connectivity index (χ0v) is 36.4. The van der Waals surface area contributed by atoms with Gasteiger partial charge in [-0.25, -0.2) is 0 Å². The largest absolute Gasteiger partial charge is 0.380 e. The van der Waals surface area contributed by atoms with Crippen LogP contribution in [-0.2, 0) is 9.47 Å². The predicted octanol–water partition coefficient (Wildman–Crippen LogP) is 13.4. The summed E-state index contributed by atoms with van der Waals surface area (Å²) in [6.45, 7) is 8.07. The van der Waals surface area contributed by atoms with Gasteiger partial charge in [0, 0.05) is 20.4 Å². The number of halogens is 2. The number of alkyl halides is 2.